The molecule has 1 fully saturated rings. The number of hydrogen-bond donors (Lipinski definition) is 5. The fourth-order valence-electron chi connectivity index (χ4n) is 3.03. The number of aliphatic hydroxyl groups excluding tert-OH is 1. The molecule has 0 unspecified atom stereocenters. The Bertz CT molecular complexity index is 850. The van der Waals surface area contributed by atoms with Crippen molar-refractivity contribution in [2.75, 3.05) is 5.32 Å². The molecule has 25 heavy (non-hydrogen) atoms. The Morgan fingerprint density at radius 2 is 2.08 bits per heavy atom. The van der Waals surface area contributed by atoms with Crippen LogP contribution in [0, 0.1) is 5.41 Å². The highest BCUT2D eigenvalue weighted by Gasteiger charge is 2.22. The molecule has 6 N–H and O–H groups in total. The van der Waals surface area contributed by atoms with E-state index in [-0.39, 0.29) is 29.0 Å². The number of carbonyl (C=O) groups excluding carboxylic acids is 1. The van der Waals surface area contributed by atoms with Crippen LogP contribution < -0.4 is 16.6 Å². The number of nitrogens with two attached hydrogens (primary N) is 1. The fraction of sp³-hybridized carbons (Fsp3) is 0.353. The van der Waals surface area contributed by atoms with Gasteiger partial charge in [0.05, 0.1) is 27.9 Å². The first-order chi connectivity index (χ1) is 12.0. The summed E-state index contributed by atoms with van der Waals surface area (Å²) in [6, 6.07) is 3.42. The average Bonchev–Trinajstić information content (AvgIpc) is 3.07. The molecule has 1 amide bonds. The summed E-state index contributed by atoms with van der Waals surface area (Å²) >= 11 is 1.15. The zero-order chi connectivity index (χ0) is 18.0. The van der Waals surface area contributed by atoms with Gasteiger partial charge in [-0.2, -0.15) is 0 Å². The quantitative estimate of drug-likeness (QED) is 0.519. The molecule has 0 radical (unpaired) electrons. The lowest BCUT2D eigenvalue weighted by molar-refractivity contribution is 0.100. The summed E-state index contributed by atoms with van der Waals surface area (Å²) in [7, 11) is 0. The summed E-state index contributed by atoms with van der Waals surface area (Å²) in [6.07, 6.45) is 4.35. The molecular weight excluding hydrogens is 340 g/mol. The molecule has 2 aromatic rings. The summed E-state index contributed by atoms with van der Waals surface area (Å²) in [5, 5.41) is 23.0. The van der Waals surface area contributed by atoms with Gasteiger partial charge in [-0.25, -0.2) is 0 Å². The van der Waals surface area contributed by atoms with Gasteiger partial charge in [-0.15, -0.1) is 11.3 Å². The third-order valence-electron chi connectivity index (χ3n) is 4.40. The van der Waals surface area contributed by atoms with E-state index in [2.05, 4.69) is 10.3 Å². The van der Waals surface area contributed by atoms with Gasteiger partial charge in [0.15, 0.2) is 0 Å². The molecule has 1 saturated carbocycles. The van der Waals surface area contributed by atoms with Gasteiger partial charge in [0, 0.05) is 23.2 Å². The summed E-state index contributed by atoms with van der Waals surface area (Å²) < 4.78 is 0. The number of hydrogen-bond acceptors (Lipinski definition) is 6. The van der Waals surface area contributed by atoms with Gasteiger partial charge >= 0.3 is 0 Å². The minimum absolute atomic E-state index is 0.0453. The topological polar surface area (TPSA) is 132 Å². The molecule has 0 saturated heterocycles. The van der Waals surface area contributed by atoms with Gasteiger partial charge in [-0.1, -0.05) is 0 Å². The molecule has 0 atom stereocenters. The van der Waals surface area contributed by atoms with Gasteiger partial charge in [-0.05, 0) is 37.8 Å². The fourth-order valence-corrected chi connectivity index (χ4v) is 3.78. The van der Waals surface area contributed by atoms with Crippen LogP contribution in [0.25, 0.3) is 0 Å². The van der Waals surface area contributed by atoms with Crippen molar-refractivity contribution in [2.45, 2.75) is 37.8 Å². The molecule has 1 aliphatic carbocycles. The number of anilines is 1. The SMILES string of the molecule is N=C(c1csc(C(N)=O)c1)c1c(NC2CCC(O)CC2)cc[nH]c1=O. The van der Waals surface area contributed by atoms with Crippen LogP contribution in [-0.2, 0) is 0 Å². The van der Waals surface area contributed by atoms with E-state index in [1.54, 1.807) is 17.6 Å². The van der Waals surface area contributed by atoms with Crippen LogP contribution in [0.15, 0.2) is 28.5 Å². The highest BCUT2D eigenvalue weighted by Crippen LogP contribution is 2.25. The molecule has 0 aromatic carbocycles. The van der Waals surface area contributed by atoms with Gasteiger partial charge in [-0.3, -0.25) is 15.0 Å². The Kier molecular flexibility index (Phi) is 5.00. The Hall–Kier alpha value is -2.45. The molecule has 132 valence electrons. The molecular formula is C17H20N4O3S. The first-order valence-corrected chi connectivity index (χ1v) is 8.97. The average molecular weight is 360 g/mol. The summed E-state index contributed by atoms with van der Waals surface area (Å²) in [5.74, 6) is -0.551. The normalized spacial score (nSPS) is 20.2. The maximum Gasteiger partial charge on any atom is 0.259 e. The minimum atomic E-state index is -0.551. The van der Waals surface area contributed by atoms with Crippen molar-refractivity contribution in [3.05, 3.63) is 50.1 Å². The third-order valence-corrected chi connectivity index (χ3v) is 5.34. The number of pyridine rings is 1. The number of aromatic amines is 1. The standard InChI is InChI=1S/C17H20N4O3S/c18-15(9-7-13(16(19)23)25-8-9)14-12(5-6-20-17(14)24)21-10-1-3-11(22)4-2-10/h5-8,10-11,18,22H,1-4H2,(H2,19,23)(H2,20,21,24). The zero-order valence-corrected chi connectivity index (χ0v) is 14.4. The molecule has 7 nitrogen and oxygen atoms in total. The van der Waals surface area contributed by atoms with Crippen LogP contribution in [0.5, 0.6) is 0 Å². The number of aliphatic hydroxyl groups is 1. The zero-order valence-electron chi connectivity index (χ0n) is 13.5. The Morgan fingerprint density at radius 1 is 1.36 bits per heavy atom. The number of thiophene rings is 1. The molecule has 0 spiro atoms. The number of primary amides is 1. The smallest absolute Gasteiger partial charge is 0.259 e. The second-order valence-electron chi connectivity index (χ2n) is 6.18. The van der Waals surface area contributed by atoms with Gasteiger partial charge in [0.1, 0.15) is 0 Å². The van der Waals surface area contributed by atoms with Crippen LogP contribution in [0.2, 0.25) is 0 Å². The Morgan fingerprint density at radius 3 is 2.72 bits per heavy atom. The van der Waals surface area contributed by atoms with E-state index in [4.69, 9.17) is 11.1 Å². The van der Waals surface area contributed by atoms with Gasteiger partial charge < -0.3 is 21.1 Å². The number of rotatable bonds is 5. The van der Waals surface area contributed by atoms with E-state index >= 15 is 0 Å². The van der Waals surface area contributed by atoms with Crippen molar-refractivity contribution in [3.63, 3.8) is 0 Å². The lowest BCUT2D eigenvalue weighted by Crippen LogP contribution is -2.30. The van der Waals surface area contributed by atoms with Gasteiger partial charge in [0.25, 0.3) is 11.5 Å². The Balaban J connectivity index is 1.88. The monoisotopic (exact) mass is 360 g/mol. The lowest BCUT2D eigenvalue weighted by Gasteiger charge is -2.27. The number of carbonyl (C=O) groups is 1. The second kappa shape index (κ2) is 7.20. The highest BCUT2D eigenvalue weighted by molar-refractivity contribution is 7.12. The Labute approximate surface area is 148 Å². The third kappa shape index (κ3) is 3.80. The van der Waals surface area contributed by atoms with Crippen molar-refractivity contribution >= 4 is 28.6 Å². The lowest BCUT2D eigenvalue weighted by atomic mass is 9.92. The van der Waals surface area contributed by atoms with E-state index in [9.17, 15) is 14.7 Å². The summed E-state index contributed by atoms with van der Waals surface area (Å²) in [5.41, 5.74) is 6.25. The first-order valence-electron chi connectivity index (χ1n) is 8.09. The predicted octanol–water partition coefficient (Wildman–Crippen LogP) is 1.67. The molecule has 1 aliphatic rings. The number of aromatic nitrogens is 1. The first kappa shape index (κ1) is 17.4. The van der Waals surface area contributed by atoms with Crippen molar-refractivity contribution in [3.8, 4) is 0 Å². The van der Waals surface area contributed by atoms with Crippen LogP contribution in [0.1, 0.15) is 46.5 Å². The minimum Gasteiger partial charge on any atom is -0.393 e. The summed E-state index contributed by atoms with van der Waals surface area (Å²) in [6.45, 7) is 0. The molecule has 2 aromatic heterocycles. The maximum absolute atomic E-state index is 12.3. The number of nitrogens with one attached hydrogen (secondary N) is 3. The van der Waals surface area contributed by atoms with E-state index in [0.29, 0.717) is 16.1 Å². The maximum atomic E-state index is 12.3. The van der Waals surface area contributed by atoms with E-state index in [1.807, 2.05) is 0 Å². The van der Waals surface area contributed by atoms with Crippen LogP contribution >= 0.6 is 11.3 Å². The summed E-state index contributed by atoms with van der Waals surface area (Å²) in [4.78, 5) is 26.5. The van der Waals surface area contributed by atoms with Crippen molar-refractivity contribution < 1.29 is 9.90 Å². The largest absolute Gasteiger partial charge is 0.393 e. The molecule has 8 heteroatoms. The van der Waals surface area contributed by atoms with Crippen molar-refractivity contribution in [1.82, 2.24) is 4.98 Å². The van der Waals surface area contributed by atoms with Crippen LogP contribution in [0.4, 0.5) is 5.69 Å². The molecule has 0 bridgehead atoms. The van der Waals surface area contributed by atoms with Crippen molar-refractivity contribution in [1.29, 1.82) is 5.41 Å². The highest BCUT2D eigenvalue weighted by atomic mass is 32.1. The molecule has 3 rings (SSSR count). The number of H-pyrrole nitrogens is 1. The van der Waals surface area contributed by atoms with E-state index in [1.165, 1.54) is 6.07 Å². The predicted molar refractivity (Wildman–Crippen MR) is 97.7 cm³/mol. The van der Waals surface area contributed by atoms with Crippen molar-refractivity contribution in [2.24, 2.45) is 5.73 Å². The van der Waals surface area contributed by atoms with Crippen LogP contribution in [0.3, 0.4) is 0 Å². The van der Waals surface area contributed by atoms with Crippen LogP contribution in [-0.4, -0.2) is 33.9 Å². The number of amides is 1. The van der Waals surface area contributed by atoms with E-state index < -0.39 is 5.91 Å². The second-order valence-corrected chi connectivity index (χ2v) is 7.10. The van der Waals surface area contributed by atoms with Gasteiger partial charge in [0.2, 0.25) is 0 Å². The molecule has 0 aliphatic heterocycles. The van der Waals surface area contributed by atoms with E-state index in [0.717, 1.165) is 37.0 Å². The molecule has 2 heterocycles.